The third-order valence-corrected chi connectivity index (χ3v) is 5.60. The van der Waals surface area contributed by atoms with E-state index >= 15 is 0 Å². The van der Waals surface area contributed by atoms with E-state index in [4.69, 9.17) is 9.15 Å². The number of carbonyl (C=O) groups is 1. The molecule has 0 saturated heterocycles. The van der Waals surface area contributed by atoms with Crippen molar-refractivity contribution in [2.24, 2.45) is 0 Å². The number of benzene rings is 2. The lowest BCUT2D eigenvalue weighted by Gasteiger charge is -2.09. The van der Waals surface area contributed by atoms with Crippen LogP contribution in [0.25, 0.3) is 11.5 Å². The fourth-order valence-electron chi connectivity index (χ4n) is 2.38. The summed E-state index contributed by atoms with van der Waals surface area (Å²) in [5.74, 6) is -1.25. The molecule has 0 spiro atoms. The summed E-state index contributed by atoms with van der Waals surface area (Å²) in [6.45, 7) is 1.53. The molecule has 0 amide bonds. The van der Waals surface area contributed by atoms with Gasteiger partial charge in [-0.2, -0.15) is 0 Å². The fourth-order valence-corrected chi connectivity index (χ4v) is 3.62. The minimum absolute atomic E-state index is 0.0543. The van der Waals surface area contributed by atoms with Gasteiger partial charge in [-0.25, -0.2) is 12.8 Å². The summed E-state index contributed by atoms with van der Waals surface area (Å²) >= 11 is 0. The molecule has 0 bridgehead atoms. The lowest BCUT2D eigenvalue weighted by Crippen LogP contribution is -2.15. The van der Waals surface area contributed by atoms with Gasteiger partial charge in [-0.05, 0) is 43.3 Å². The Morgan fingerprint density at radius 3 is 2.46 bits per heavy atom. The van der Waals surface area contributed by atoms with Gasteiger partial charge in [-0.1, -0.05) is 18.2 Å². The molecular formula is C19H17FN2O5S. The molecule has 0 saturated carbocycles. The first-order chi connectivity index (χ1) is 13.3. The standard InChI is InChI=1S/C19H17FN2O5S/c1-13(18-21-22-19(27-18)14-7-9-15(20)10-8-14)26-17(23)11-12-28(24,25)16-5-3-2-4-6-16/h2-10,13H,11-12H2,1H3/t13-/m1/s1. The van der Waals surface area contributed by atoms with E-state index in [9.17, 15) is 17.6 Å². The average molecular weight is 404 g/mol. The minimum atomic E-state index is -3.57. The van der Waals surface area contributed by atoms with Gasteiger partial charge in [0.05, 0.1) is 17.1 Å². The van der Waals surface area contributed by atoms with Gasteiger partial charge in [-0.3, -0.25) is 4.79 Å². The number of carbonyl (C=O) groups excluding carboxylic acids is 1. The number of sulfone groups is 1. The van der Waals surface area contributed by atoms with Crippen LogP contribution in [0.3, 0.4) is 0 Å². The van der Waals surface area contributed by atoms with E-state index in [0.717, 1.165) is 0 Å². The van der Waals surface area contributed by atoms with E-state index in [2.05, 4.69) is 10.2 Å². The van der Waals surface area contributed by atoms with Crippen LogP contribution in [0, 0.1) is 5.82 Å². The van der Waals surface area contributed by atoms with Gasteiger partial charge >= 0.3 is 5.97 Å². The van der Waals surface area contributed by atoms with E-state index in [1.54, 1.807) is 18.2 Å². The van der Waals surface area contributed by atoms with Crippen LogP contribution in [-0.2, 0) is 19.4 Å². The predicted octanol–water partition coefficient (Wildman–Crippen LogP) is 3.34. The Bertz CT molecular complexity index is 1050. The smallest absolute Gasteiger partial charge is 0.307 e. The molecule has 146 valence electrons. The zero-order chi connectivity index (χ0) is 20.1. The molecule has 0 aliphatic heterocycles. The van der Waals surface area contributed by atoms with Gasteiger partial charge < -0.3 is 9.15 Å². The van der Waals surface area contributed by atoms with E-state index in [0.29, 0.717) is 5.56 Å². The lowest BCUT2D eigenvalue weighted by molar-refractivity contribution is -0.149. The molecule has 0 aliphatic rings. The molecule has 3 aromatic rings. The van der Waals surface area contributed by atoms with Crippen molar-refractivity contribution in [2.45, 2.75) is 24.3 Å². The number of ether oxygens (including phenoxy) is 1. The maximum atomic E-state index is 13.0. The summed E-state index contributed by atoms with van der Waals surface area (Å²) in [7, 11) is -3.57. The monoisotopic (exact) mass is 404 g/mol. The van der Waals surface area contributed by atoms with Gasteiger partial charge in [0.25, 0.3) is 5.89 Å². The molecule has 0 fully saturated rings. The number of esters is 1. The van der Waals surface area contributed by atoms with Crippen LogP contribution in [0.2, 0.25) is 0 Å². The zero-order valence-electron chi connectivity index (χ0n) is 14.9. The van der Waals surface area contributed by atoms with Gasteiger partial charge in [0.1, 0.15) is 5.82 Å². The summed E-state index contributed by atoms with van der Waals surface area (Å²) in [5.41, 5.74) is 0.521. The van der Waals surface area contributed by atoms with Crippen LogP contribution >= 0.6 is 0 Å². The molecule has 1 atom stereocenters. The van der Waals surface area contributed by atoms with Crippen molar-refractivity contribution in [2.75, 3.05) is 5.75 Å². The van der Waals surface area contributed by atoms with E-state index in [-0.39, 0.29) is 28.9 Å². The van der Waals surface area contributed by atoms with Crippen molar-refractivity contribution < 1.29 is 26.8 Å². The Morgan fingerprint density at radius 2 is 1.79 bits per heavy atom. The van der Waals surface area contributed by atoms with E-state index < -0.39 is 27.7 Å². The Labute approximate surface area is 161 Å². The number of nitrogens with zero attached hydrogens (tertiary/aromatic N) is 2. The normalized spacial score (nSPS) is 12.5. The summed E-state index contributed by atoms with van der Waals surface area (Å²) in [5, 5.41) is 7.66. The topological polar surface area (TPSA) is 99.4 Å². The molecule has 2 aromatic carbocycles. The molecule has 1 heterocycles. The Hall–Kier alpha value is -3.07. The van der Waals surface area contributed by atoms with Crippen molar-refractivity contribution in [3.63, 3.8) is 0 Å². The SMILES string of the molecule is C[C@@H](OC(=O)CCS(=O)(=O)c1ccccc1)c1nnc(-c2ccc(F)cc2)o1. The number of aromatic nitrogens is 2. The van der Waals surface area contributed by atoms with Crippen LogP contribution in [0.15, 0.2) is 63.9 Å². The van der Waals surface area contributed by atoms with Gasteiger partial charge in [0.15, 0.2) is 15.9 Å². The highest BCUT2D eigenvalue weighted by Gasteiger charge is 2.21. The Balaban J connectivity index is 1.58. The molecule has 3 rings (SSSR count). The highest BCUT2D eigenvalue weighted by atomic mass is 32.2. The third kappa shape index (κ3) is 4.80. The van der Waals surface area contributed by atoms with Crippen molar-refractivity contribution in [3.8, 4) is 11.5 Å². The second kappa shape index (κ2) is 8.30. The van der Waals surface area contributed by atoms with Crippen molar-refractivity contribution >= 4 is 15.8 Å². The first-order valence-electron chi connectivity index (χ1n) is 8.42. The third-order valence-electron chi connectivity index (χ3n) is 3.87. The summed E-state index contributed by atoms with van der Waals surface area (Å²) in [6, 6.07) is 13.4. The summed E-state index contributed by atoms with van der Waals surface area (Å²) < 4.78 is 48.0. The van der Waals surface area contributed by atoms with Gasteiger partial charge in [-0.15, -0.1) is 10.2 Å². The molecule has 0 radical (unpaired) electrons. The zero-order valence-corrected chi connectivity index (χ0v) is 15.7. The largest absolute Gasteiger partial charge is 0.453 e. The molecule has 0 aliphatic carbocycles. The highest BCUT2D eigenvalue weighted by Crippen LogP contribution is 2.23. The second-order valence-electron chi connectivity index (χ2n) is 5.97. The summed E-state index contributed by atoms with van der Waals surface area (Å²) in [6.07, 6.45) is -1.16. The predicted molar refractivity (Wildman–Crippen MR) is 97.3 cm³/mol. The lowest BCUT2D eigenvalue weighted by atomic mass is 10.2. The van der Waals surface area contributed by atoms with Crippen LogP contribution in [0.1, 0.15) is 25.3 Å². The van der Waals surface area contributed by atoms with E-state index in [1.807, 2.05) is 0 Å². The maximum Gasteiger partial charge on any atom is 0.307 e. The highest BCUT2D eigenvalue weighted by molar-refractivity contribution is 7.91. The van der Waals surface area contributed by atoms with Crippen LogP contribution < -0.4 is 0 Å². The van der Waals surface area contributed by atoms with Gasteiger partial charge in [0.2, 0.25) is 5.89 Å². The Kier molecular flexibility index (Phi) is 5.84. The van der Waals surface area contributed by atoms with E-state index in [1.165, 1.54) is 43.3 Å². The number of hydrogen-bond acceptors (Lipinski definition) is 7. The molecule has 28 heavy (non-hydrogen) atoms. The maximum absolute atomic E-state index is 13.0. The average Bonchev–Trinajstić information content (AvgIpc) is 3.18. The van der Waals surface area contributed by atoms with Crippen LogP contribution in [0.5, 0.6) is 0 Å². The fraction of sp³-hybridized carbons (Fsp3) is 0.211. The summed E-state index contributed by atoms with van der Waals surface area (Å²) in [4.78, 5) is 12.2. The number of hydrogen-bond donors (Lipinski definition) is 0. The molecule has 7 nitrogen and oxygen atoms in total. The van der Waals surface area contributed by atoms with Crippen molar-refractivity contribution in [1.29, 1.82) is 0 Å². The van der Waals surface area contributed by atoms with Crippen LogP contribution in [0.4, 0.5) is 4.39 Å². The quantitative estimate of drug-likeness (QED) is 0.557. The van der Waals surface area contributed by atoms with Crippen molar-refractivity contribution in [3.05, 3.63) is 66.3 Å². The van der Waals surface area contributed by atoms with Crippen molar-refractivity contribution in [1.82, 2.24) is 10.2 Å². The molecule has 9 heteroatoms. The first-order valence-corrected chi connectivity index (χ1v) is 10.1. The minimum Gasteiger partial charge on any atom is -0.453 e. The van der Waals surface area contributed by atoms with Gasteiger partial charge in [0, 0.05) is 5.56 Å². The molecule has 0 unspecified atom stereocenters. The van der Waals surface area contributed by atoms with Crippen LogP contribution in [-0.4, -0.2) is 30.3 Å². The number of halogens is 1. The molecule has 1 aromatic heterocycles. The second-order valence-corrected chi connectivity index (χ2v) is 8.08. The first kappa shape index (κ1) is 19.7. The number of rotatable bonds is 7. The molecule has 0 N–H and O–H groups in total. The Morgan fingerprint density at radius 1 is 1.11 bits per heavy atom. The molecular weight excluding hydrogens is 387 g/mol.